The van der Waals surface area contributed by atoms with Gasteiger partial charge in [-0.05, 0) is 30.4 Å². The summed E-state index contributed by atoms with van der Waals surface area (Å²) in [6, 6.07) is 21.1. The molecule has 0 radical (unpaired) electrons. The fraction of sp³-hybridized carbons (Fsp3) is 0.409. The number of nitrogens with one attached hydrogen (secondary N) is 1. The molecule has 1 amide bonds. The molecule has 2 aliphatic rings. The first-order chi connectivity index (χ1) is 12.7. The third kappa shape index (κ3) is 3.81. The van der Waals surface area contributed by atoms with Gasteiger partial charge in [0.05, 0.1) is 12.2 Å². The Morgan fingerprint density at radius 3 is 2.15 bits per heavy atom. The number of hydrogen-bond donors (Lipinski definition) is 1. The lowest BCUT2D eigenvalue weighted by Crippen LogP contribution is -2.58. The minimum Gasteiger partial charge on any atom is -0.337 e. The van der Waals surface area contributed by atoms with Gasteiger partial charge in [-0.3, -0.25) is 9.69 Å². The van der Waals surface area contributed by atoms with E-state index < -0.39 is 0 Å². The van der Waals surface area contributed by atoms with Crippen molar-refractivity contribution in [2.24, 2.45) is 0 Å². The number of piperidine rings is 1. The number of nitrogens with zero attached hydrogens (tertiary/aromatic N) is 2. The van der Waals surface area contributed by atoms with E-state index in [2.05, 4.69) is 69.7 Å². The number of rotatable bonds is 5. The molecule has 0 unspecified atom stereocenters. The molecule has 2 aromatic rings. The van der Waals surface area contributed by atoms with Crippen LogP contribution in [0.25, 0.3) is 0 Å². The molecule has 4 rings (SSSR count). The molecule has 2 saturated heterocycles. The number of carbonyl (C=O) groups excluding carboxylic acids is 1. The van der Waals surface area contributed by atoms with Crippen LogP contribution < -0.4 is 5.32 Å². The second-order valence-corrected chi connectivity index (χ2v) is 7.50. The fourth-order valence-electron chi connectivity index (χ4n) is 4.23. The average molecular weight is 349 g/mol. The summed E-state index contributed by atoms with van der Waals surface area (Å²) in [6.45, 7) is 4.52. The standard InChI is InChI=1S/C22H27N3O/c26-21-18-25(17-20-9-5-2-6-10-20)22(23-21)12-15-24(16-13-22)14-11-19-7-3-1-4-8-19/h1-10H,11-18H2,(H,23,26). The third-order valence-electron chi connectivity index (χ3n) is 5.77. The lowest BCUT2D eigenvalue weighted by Gasteiger charge is -2.44. The van der Waals surface area contributed by atoms with E-state index in [0.717, 1.165) is 45.4 Å². The van der Waals surface area contributed by atoms with E-state index in [0.29, 0.717) is 6.54 Å². The lowest BCUT2D eigenvalue weighted by atomic mass is 9.95. The van der Waals surface area contributed by atoms with Gasteiger partial charge in [-0.15, -0.1) is 0 Å². The van der Waals surface area contributed by atoms with Crippen molar-refractivity contribution in [2.75, 3.05) is 26.2 Å². The second kappa shape index (κ2) is 7.60. The fourth-order valence-corrected chi connectivity index (χ4v) is 4.23. The van der Waals surface area contributed by atoms with Crippen LogP contribution in [-0.4, -0.2) is 47.5 Å². The van der Waals surface area contributed by atoms with E-state index in [1.54, 1.807) is 0 Å². The molecule has 4 heteroatoms. The van der Waals surface area contributed by atoms with Gasteiger partial charge in [0.15, 0.2) is 0 Å². The highest BCUT2D eigenvalue weighted by Gasteiger charge is 2.46. The van der Waals surface area contributed by atoms with Gasteiger partial charge in [-0.25, -0.2) is 0 Å². The van der Waals surface area contributed by atoms with Crippen molar-refractivity contribution >= 4 is 5.91 Å². The van der Waals surface area contributed by atoms with Crippen molar-refractivity contribution in [1.82, 2.24) is 15.1 Å². The van der Waals surface area contributed by atoms with Crippen LogP contribution in [0, 0.1) is 0 Å². The zero-order valence-electron chi connectivity index (χ0n) is 15.2. The van der Waals surface area contributed by atoms with Gasteiger partial charge < -0.3 is 10.2 Å². The molecule has 2 fully saturated rings. The van der Waals surface area contributed by atoms with E-state index in [1.165, 1.54) is 11.1 Å². The Hall–Kier alpha value is -2.17. The van der Waals surface area contributed by atoms with Gasteiger partial charge >= 0.3 is 0 Å². The first-order valence-corrected chi connectivity index (χ1v) is 9.60. The van der Waals surface area contributed by atoms with E-state index in [1.807, 2.05) is 6.07 Å². The highest BCUT2D eigenvalue weighted by molar-refractivity contribution is 5.81. The summed E-state index contributed by atoms with van der Waals surface area (Å²) in [5.74, 6) is 0.165. The molecule has 1 spiro atoms. The summed E-state index contributed by atoms with van der Waals surface area (Å²) in [4.78, 5) is 17.0. The van der Waals surface area contributed by atoms with Gasteiger partial charge in [-0.2, -0.15) is 0 Å². The van der Waals surface area contributed by atoms with Gasteiger partial charge in [0.25, 0.3) is 0 Å². The van der Waals surface area contributed by atoms with Crippen molar-refractivity contribution in [3.05, 3.63) is 71.8 Å². The highest BCUT2D eigenvalue weighted by Crippen LogP contribution is 2.31. The van der Waals surface area contributed by atoms with E-state index in [-0.39, 0.29) is 11.6 Å². The topological polar surface area (TPSA) is 35.6 Å². The van der Waals surface area contributed by atoms with Gasteiger partial charge in [0.1, 0.15) is 0 Å². The Morgan fingerprint density at radius 1 is 0.885 bits per heavy atom. The van der Waals surface area contributed by atoms with E-state index in [9.17, 15) is 4.79 Å². The molecule has 2 aromatic carbocycles. The van der Waals surface area contributed by atoms with Crippen LogP contribution in [-0.2, 0) is 17.8 Å². The molecular formula is C22H27N3O. The number of amides is 1. The minimum atomic E-state index is -0.157. The van der Waals surface area contributed by atoms with Crippen LogP contribution in [0.4, 0.5) is 0 Å². The Balaban J connectivity index is 1.36. The summed E-state index contributed by atoms with van der Waals surface area (Å²) in [5.41, 5.74) is 2.51. The Labute approximate surface area is 155 Å². The van der Waals surface area contributed by atoms with Crippen molar-refractivity contribution < 1.29 is 4.79 Å². The van der Waals surface area contributed by atoms with Crippen molar-refractivity contribution in [3.8, 4) is 0 Å². The maximum absolute atomic E-state index is 12.1. The molecule has 0 aliphatic carbocycles. The molecule has 136 valence electrons. The van der Waals surface area contributed by atoms with Crippen LogP contribution in [0.15, 0.2) is 60.7 Å². The SMILES string of the molecule is O=C1CN(Cc2ccccc2)C2(CCN(CCc3ccccc3)CC2)N1. The molecule has 2 heterocycles. The van der Waals surface area contributed by atoms with Gasteiger partial charge in [0.2, 0.25) is 5.91 Å². The first-order valence-electron chi connectivity index (χ1n) is 9.60. The van der Waals surface area contributed by atoms with Crippen molar-refractivity contribution in [1.29, 1.82) is 0 Å². The molecular weight excluding hydrogens is 322 g/mol. The van der Waals surface area contributed by atoms with Crippen LogP contribution in [0.2, 0.25) is 0 Å². The Bertz CT molecular complexity index is 724. The summed E-state index contributed by atoms with van der Waals surface area (Å²) >= 11 is 0. The Morgan fingerprint density at radius 2 is 1.50 bits per heavy atom. The van der Waals surface area contributed by atoms with Crippen LogP contribution >= 0.6 is 0 Å². The van der Waals surface area contributed by atoms with Crippen molar-refractivity contribution in [3.63, 3.8) is 0 Å². The summed E-state index contributed by atoms with van der Waals surface area (Å²) in [6.07, 6.45) is 3.09. The van der Waals surface area contributed by atoms with Gasteiger partial charge in [-0.1, -0.05) is 60.7 Å². The maximum atomic E-state index is 12.1. The average Bonchev–Trinajstić information content (AvgIpc) is 2.97. The quantitative estimate of drug-likeness (QED) is 0.901. The zero-order chi connectivity index (χ0) is 17.8. The van der Waals surface area contributed by atoms with Gasteiger partial charge in [0, 0.05) is 26.2 Å². The zero-order valence-corrected chi connectivity index (χ0v) is 15.2. The minimum absolute atomic E-state index is 0.157. The molecule has 0 bridgehead atoms. The normalized spacial score (nSPS) is 20.4. The molecule has 0 aromatic heterocycles. The van der Waals surface area contributed by atoms with Crippen LogP contribution in [0.3, 0.4) is 0 Å². The van der Waals surface area contributed by atoms with Crippen molar-refractivity contribution in [2.45, 2.75) is 31.5 Å². The largest absolute Gasteiger partial charge is 0.337 e. The first kappa shape index (κ1) is 17.3. The molecule has 1 N–H and O–H groups in total. The monoisotopic (exact) mass is 349 g/mol. The molecule has 0 atom stereocenters. The summed E-state index contributed by atoms with van der Waals surface area (Å²) in [7, 11) is 0. The van der Waals surface area contributed by atoms with E-state index in [4.69, 9.17) is 0 Å². The number of carbonyl (C=O) groups is 1. The number of benzene rings is 2. The summed E-state index contributed by atoms with van der Waals surface area (Å²) in [5, 5.41) is 3.29. The molecule has 2 aliphatic heterocycles. The third-order valence-corrected chi connectivity index (χ3v) is 5.77. The van der Waals surface area contributed by atoms with E-state index >= 15 is 0 Å². The molecule has 0 saturated carbocycles. The maximum Gasteiger partial charge on any atom is 0.235 e. The lowest BCUT2D eigenvalue weighted by molar-refractivity contribution is -0.119. The predicted molar refractivity (Wildman–Crippen MR) is 104 cm³/mol. The molecule has 26 heavy (non-hydrogen) atoms. The number of hydrogen-bond acceptors (Lipinski definition) is 3. The second-order valence-electron chi connectivity index (χ2n) is 7.50. The molecule has 4 nitrogen and oxygen atoms in total. The predicted octanol–water partition coefficient (Wildman–Crippen LogP) is 2.65. The highest BCUT2D eigenvalue weighted by atomic mass is 16.2. The Kier molecular flexibility index (Phi) is 5.05. The number of likely N-dealkylation sites (tertiary alicyclic amines) is 1. The van der Waals surface area contributed by atoms with Crippen LogP contribution in [0.1, 0.15) is 24.0 Å². The smallest absolute Gasteiger partial charge is 0.235 e. The summed E-state index contributed by atoms with van der Waals surface area (Å²) < 4.78 is 0. The van der Waals surface area contributed by atoms with Crippen LogP contribution in [0.5, 0.6) is 0 Å².